The molecule has 2 heterocycles. The number of fused-ring (bicyclic) bond motifs is 1. The Balaban J connectivity index is 2.11. The molecule has 0 N–H and O–H groups in total. The Hall–Kier alpha value is -2.34. The van der Waals surface area contributed by atoms with Crippen LogP contribution in [0.2, 0.25) is 0 Å². The highest BCUT2D eigenvalue weighted by molar-refractivity contribution is 8.15. The number of amides is 1. The number of rotatable bonds is 4. The van der Waals surface area contributed by atoms with E-state index in [9.17, 15) is 9.59 Å². The number of carbonyl (C=O) groups excluding carboxylic acids is 2. The normalized spacial score (nSPS) is 22.6. The topological polar surface area (TPSA) is 59.0 Å². The highest BCUT2D eigenvalue weighted by Gasteiger charge is 2.46. The van der Waals surface area contributed by atoms with Gasteiger partial charge in [-0.15, -0.1) is 0 Å². The van der Waals surface area contributed by atoms with Gasteiger partial charge in [-0.25, -0.2) is 9.79 Å². The number of aryl methyl sites for hydroxylation is 1. The fraction of sp³-hybridized carbons (Fsp3) is 0.316. The van der Waals surface area contributed by atoms with Gasteiger partial charge in [-0.2, -0.15) is 0 Å². The van der Waals surface area contributed by atoms with E-state index in [4.69, 9.17) is 4.74 Å². The molecule has 1 saturated heterocycles. The summed E-state index contributed by atoms with van der Waals surface area (Å²) in [5.74, 6) is -0.515. The van der Waals surface area contributed by atoms with Crippen LogP contribution >= 0.6 is 11.8 Å². The molecule has 6 heteroatoms. The van der Waals surface area contributed by atoms with Crippen molar-refractivity contribution in [1.82, 2.24) is 4.90 Å². The first-order valence-electron chi connectivity index (χ1n) is 8.07. The van der Waals surface area contributed by atoms with Crippen LogP contribution in [0.4, 0.5) is 0 Å². The van der Waals surface area contributed by atoms with E-state index in [-0.39, 0.29) is 17.8 Å². The monoisotopic (exact) mass is 356 g/mol. The molecule has 1 aromatic carbocycles. The summed E-state index contributed by atoms with van der Waals surface area (Å²) in [6, 6.07) is 7.31. The maximum Gasteiger partial charge on any atom is 0.338 e. The van der Waals surface area contributed by atoms with Gasteiger partial charge >= 0.3 is 5.97 Å². The highest BCUT2D eigenvalue weighted by atomic mass is 32.2. The predicted octanol–water partition coefficient (Wildman–Crippen LogP) is 3.37. The number of nitrogens with zero attached hydrogens (tertiary/aromatic N) is 2. The van der Waals surface area contributed by atoms with E-state index in [1.807, 2.05) is 38.1 Å². The minimum absolute atomic E-state index is 0.0455. The lowest BCUT2D eigenvalue weighted by molar-refractivity contribution is -0.139. The largest absolute Gasteiger partial charge is 0.458 e. The standard InChI is InChI=1S/C19H20N2O3S/c1-5-10-24-18(23)15-12(3)20-19-21(17(22)13(4)25-19)16(15)14-8-6-11(2)7-9-14/h5-9,13,16H,1,10H2,2-4H3/t13-,16+/m0/s1. The molecule has 0 saturated carbocycles. The molecular weight excluding hydrogens is 336 g/mol. The Morgan fingerprint density at radius 1 is 1.36 bits per heavy atom. The maximum absolute atomic E-state index is 12.7. The minimum atomic E-state index is -0.518. The molecule has 25 heavy (non-hydrogen) atoms. The molecular formula is C19H20N2O3S. The Kier molecular flexibility index (Phi) is 4.81. The number of thioether (sulfide) groups is 1. The molecule has 2 aliphatic rings. The summed E-state index contributed by atoms with van der Waals surface area (Å²) in [6.07, 6.45) is 1.52. The number of esters is 1. The first-order valence-corrected chi connectivity index (χ1v) is 8.95. The van der Waals surface area contributed by atoms with Gasteiger partial charge in [-0.05, 0) is 26.3 Å². The van der Waals surface area contributed by atoms with Crippen molar-refractivity contribution in [3.8, 4) is 0 Å². The van der Waals surface area contributed by atoms with Crippen LogP contribution in [-0.2, 0) is 14.3 Å². The van der Waals surface area contributed by atoms with Gasteiger partial charge < -0.3 is 4.74 Å². The Morgan fingerprint density at radius 3 is 2.68 bits per heavy atom. The summed E-state index contributed by atoms with van der Waals surface area (Å²) >= 11 is 1.42. The molecule has 1 fully saturated rings. The van der Waals surface area contributed by atoms with E-state index in [1.54, 1.807) is 11.8 Å². The second-order valence-corrected chi connectivity index (χ2v) is 7.37. The van der Waals surface area contributed by atoms with E-state index in [0.29, 0.717) is 16.4 Å². The van der Waals surface area contributed by atoms with Crippen molar-refractivity contribution in [2.24, 2.45) is 4.99 Å². The summed E-state index contributed by atoms with van der Waals surface area (Å²) in [7, 11) is 0. The molecule has 0 bridgehead atoms. The smallest absolute Gasteiger partial charge is 0.338 e. The number of allylic oxidation sites excluding steroid dienone is 1. The van der Waals surface area contributed by atoms with E-state index >= 15 is 0 Å². The van der Waals surface area contributed by atoms with Gasteiger partial charge in [0.1, 0.15) is 6.61 Å². The molecule has 0 radical (unpaired) electrons. The molecule has 3 rings (SSSR count). The molecule has 2 atom stereocenters. The van der Waals surface area contributed by atoms with E-state index in [1.165, 1.54) is 17.8 Å². The highest BCUT2D eigenvalue weighted by Crippen LogP contribution is 2.43. The number of aliphatic imine (C=N–C) groups is 1. The minimum Gasteiger partial charge on any atom is -0.458 e. The van der Waals surface area contributed by atoms with Gasteiger partial charge in [0, 0.05) is 0 Å². The molecule has 0 aromatic heterocycles. The third-order valence-electron chi connectivity index (χ3n) is 4.20. The first kappa shape index (κ1) is 17.5. The SMILES string of the molecule is C=CCOC(=O)C1=C(C)N=C2S[C@@H](C)C(=O)N2[C@@H]1c1ccc(C)cc1. The van der Waals surface area contributed by atoms with Gasteiger partial charge in [-0.1, -0.05) is 54.2 Å². The molecule has 0 spiro atoms. The van der Waals surface area contributed by atoms with Crippen molar-refractivity contribution in [2.75, 3.05) is 6.61 Å². The van der Waals surface area contributed by atoms with Crippen molar-refractivity contribution in [3.05, 3.63) is 59.3 Å². The first-order chi connectivity index (χ1) is 11.9. The third-order valence-corrected chi connectivity index (χ3v) is 5.26. The molecule has 1 amide bonds. The van der Waals surface area contributed by atoms with Crippen molar-refractivity contribution in [2.45, 2.75) is 32.1 Å². The maximum atomic E-state index is 12.7. The van der Waals surface area contributed by atoms with Crippen LogP contribution in [0.1, 0.15) is 31.0 Å². The zero-order valence-electron chi connectivity index (χ0n) is 14.5. The van der Waals surface area contributed by atoms with Crippen molar-refractivity contribution in [3.63, 3.8) is 0 Å². The van der Waals surface area contributed by atoms with E-state index in [2.05, 4.69) is 11.6 Å². The lowest BCUT2D eigenvalue weighted by atomic mass is 9.93. The Bertz CT molecular complexity index is 795. The van der Waals surface area contributed by atoms with Crippen molar-refractivity contribution >= 4 is 28.8 Å². The summed E-state index contributed by atoms with van der Waals surface area (Å²) < 4.78 is 5.26. The van der Waals surface area contributed by atoms with Crippen LogP contribution in [0.15, 0.2) is 53.2 Å². The van der Waals surface area contributed by atoms with Gasteiger partial charge in [0.05, 0.1) is 22.6 Å². The van der Waals surface area contributed by atoms with E-state index < -0.39 is 12.0 Å². The quantitative estimate of drug-likeness (QED) is 0.613. The molecule has 0 aliphatic carbocycles. The van der Waals surface area contributed by atoms with Crippen molar-refractivity contribution < 1.29 is 14.3 Å². The molecule has 2 aliphatic heterocycles. The van der Waals surface area contributed by atoms with Crippen LogP contribution in [0.25, 0.3) is 0 Å². The van der Waals surface area contributed by atoms with Gasteiger partial charge in [0.15, 0.2) is 5.17 Å². The summed E-state index contributed by atoms with van der Waals surface area (Å²) in [4.78, 5) is 31.5. The van der Waals surface area contributed by atoms with Crippen LogP contribution in [0, 0.1) is 6.92 Å². The summed E-state index contributed by atoms with van der Waals surface area (Å²) in [6.45, 7) is 9.32. The second kappa shape index (κ2) is 6.88. The zero-order valence-corrected chi connectivity index (χ0v) is 15.3. The lowest BCUT2D eigenvalue weighted by Gasteiger charge is -2.33. The predicted molar refractivity (Wildman–Crippen MR) is 99.1 cm³/mol. The van der Waals surface area contributed by atoms with Crippen LogP contribution < -0.4 is 0 Å². The third kappa shape index (κ3) is 3.14. The van der Waals surface area contributed by atoms with Gasteiger partial charge in [0.25, 0.3) is 0 Å². The fourth-order valence-electron chi connectivity index (χ4n) is 2.94. The number of hydrogen-bond acceptors (Lipinski definition) is 5. The Morgan fingerprint density at radius 2 is 2.04 bits per heavy atom. The average Bonchev–Trinajstić information content (AvgIpc) is 2.86. The number of carbonyl (C=O) groups is 2. The van der Waals surface area contributed by atoms with Crippen LogP contribution in [-0.4, -0.2) is 33.8 Å². The number of hydrogen-bond donors (Lipinski definition) is 0. The summed E-state index contributed by atoms with van der Waals surface area (Å²) in [5.41, 5.74) is 2.96. The van der Waals surface area contributed by atoms with Gasteiger partial charge in [-0.3, -0.25) is 9.69 Å². The Labute approximate surface area is 151 Å². The molecule has 1 aromatic rings. The summed E-state index contributed by atoms with van der Waals surface area (Å²) in [5, 5.41) is 0.420. The number of benzene rings is 1. The van der Waals surface area contributed by atoms with E-state index in [0.717, 1.165) is 11.1 Å². The average molecular weight is 356 g/mol. The molecule has 5 nitrogen and oxygen atoms in total. The van der Waals surface area contributed by atoms with Crippen LogP contribution in [0.5, 0.6) is 0 Å². The fourth-order valence-corrected chi connectivity index (χ4v) is 3.97. The lowest BCUT2D eigenvalue weighted by Crippen LogP contribution is -2.40. The number of ether oxygens (including phenoxy) is 1. The second-order valence-electron chi connectivity index (χ2n) is 6.06. The van der Waals surface area contributed by atoms with Crippen LogP contribution in [0.3, 0.4) is 0 Å². The van der Waals surface area contributed by atoms with Gasteiger partial charge in [0.2, 0.25) is 5.91 Å². The van der Waals surface area contributed by atoms with Crippen molar-refractivity contribution in [1.29, 1.82) is 0 Å². The molecule has 130 valence electrons. The molecule has 0 unspecified atom stereocenters. The number of amidine groups is 1. The zero-order chi connectivity index (χ0) is 18.1.